The largest absolute Gasteiger partial charge is 0.486 e. The maximum atomic E-state index is 9.79. The summed E-state index contributed by atoms with van der Waals surface area (Å²) in [6, 6.07) is 7.92. The highest BCUT2D eigenvalue weighted by Gasteiger charge is 2.25. The van der Waals surface area contributed by atoms with Crippen molar-refractivity contribution in [1.82, 2.24) is 0 Å². The number of para-hydroxylation sites is 1. The smallest absolute Gasteiger partial charge is 0.134 e. The Morgan fingerprint density at radius 3 is 3.20 bits per heavy atom. The van der Waals surface area contributed by atoms with Gasteiger partial charge >= 0.3 is 0 Å². The van der Waals surface area contributed by atoms with Gasteiger partial charge < -0.3 is 9.84 Å². The van der Waals surface area contributed by atoms with Gasteiger partial charge in [-0.1, -0.05) is 18.2 Å². The van der Waals surface area contributed by atoms with E-state index in [1.807, 2.05) is 24.3 Å². The predicted octanol–water partition coefficient (Wildman–Crippen LogP) is 2.48. The van der Waals surface area contributed by atoms with Crippen LogP contribution in [0, 0.1) is 0 Å². The Morgan fingerprint density at radius 1 is 1.60 bits per heavy atom. The van der Waals surface area contributed by atoms with Crippen LogP contribution in [0.2, 0.25) is 0 Å². The quantitative estimate of drug-likeness (QED) is 0.797. The third-order valence-electron chi connectivity index (χ3n) is 2.37. The van der Waals surface area contributed by atoms with Crippen molar-refractivity contribution in [1.29, 1.82) is 0 Å². The van der Waals surface area contributed by atoms with E-state index in [-0.39, 0.29) is 6.10 Å². The number of fused-ring (bicyclic) bond motifs is 1. The molecule has 1 aliphatic heterocycles. The second-order valence-electron chi connectivity index (χ2n) is 3.51. The SMILES string of the molecule is C=CCC(O)C1CSc2ccccc2O1. The molecule has 3 heteroatoms. The third kappa shape index (κ3) is 2.36. The van der Waals surface area contributed by atoms with Crippen LogP contribution in [0.5, 0.6) is 5.75 Å². The minimum Gasteiger partial charge on any atom is -0.486 e. The molecule has 1 N–H and O–H groups in total. The van der Waals surface area contributed by atoms with Gasteiger partial charge in [-0.3, -0.25) is 0 Å². The van der Waals surface area contributed by atoms with Crippen molar-refractivity contribution in [3.63, 3.8) is 0 Å². The van der Waals surface area contributed by atoms with Crippen molar-refractivity contribution in [3.05, 3.63) is 36.9 Å². The highest BCUT2D eigenvalue weighted by atomic mass is 32.2. The Kier molecular flexibility index (Phi) is 3.34. The maximum absolute atomic E-state index is 9.79. The lowest BCUT2D eigenvalue weighted by Crippen LogP contribution is -2.35. The topological polar surface area (TPSA) is 29.5 Å². The molecular weight excluding hydrogens is 208 g/mol. The molecule has 2 nitrogen and oxygen atoms in total. The van der Waals surface area contributed by atoms with Gasteiger partial charge in [-0.2, -0.15) is 0 Å². The zero-order valence-corrected chi connectivity index (χ0v) is 9.24. The van der Waals surface area contributed by atoms with E-state index < -0.39 is 6.10 Å². The van der Waals surface area contributed by atoms with Gasteiger partial charge in [0.2, 0.25) is 0 Å². The van der Waals surface area contributed by atoms with E-state index in [0.29, 0.717) is 6.42 Å². The third-order valence-corrected chi connectivity index (χ3v) is 3.51. The van der Waals surface area contributed by atoms with E-state index >= 15 is 0 Å². The van der Waals surface area contributed by atoms with Gasteiger partial charge in [0.05, 0.1) is 6.10 Å². The molecule has 1 aromatic rings. The van der Waals surface area contributed by atoms with Gasteiger partial charge in [0.25, 0.3) is 0 Å². The molecule has 0 radical (unpaired) electrons. The molecule has 2 rings (SSSR count). The van der Waals surface area contributed by atoms with Crippen molar-refractivity contribution in [3.8, 4) is 5.75 Å². The standard InChI is InChI=1S/C12H14O2S/c1-2-5-9(13)11-8-15-12-7-4-3-6-10(12)14-11/h2-4,6-7,9,11,13H,1,5,8H2. The van der Waals surface area contributed by atoms with Gasteiger partial charge in [-0.05, 0) is 18.6 Å². The number of aliphatic hydroxyl groups is 1. The van der Waals surface area contributed by atoms with Gasteiger partial charge in [0.15, 0.2) is 0 Å². The van der Waals surface area contributed by atoms with Gasteiger partial charge in [-0.25, -0.2) is 0 Å². The van der Waals surface area contributed by atoms with Crippen molar-refractivity contribution in [2.24, 2.45) is 0 Å². The molecule has 2 unspecified atom stereocenters. The molecule has 1 heterocycles. The fourth-order valence-corrected chi connectivity index (χ4v) is 2.62. The fraction of sp³-hybridized carbons (Fsp3) is 0.333. The van der Waals surface area contributed by atoms with Crippen LogP contribution in [0.1, 0.15) is 6.42 Å². The molecule has 1 aliphatic rings. The Bertz CT molecular complexity index is 351. The summed E-state index contributed by atoms with van der Waals surface area (Å²) in [6.45, 7) is 3.62. The Morgan fingerprint density at radius 2 is 2.40 bits per heavy atom. The van der Waals surface area contributed by atoms with Crippen LogP contribution >= 0.6 is 11.8 Å². The molecule has 15 heavy (non-hydrogen) atoms. The van der Waals surface area contributed by atoms with E-state index in [0.717, 1.165) is 16.4 Å². The minimum atomic E-state index is -0.455. The monoisotopic (exact) mass is 222 g/mol. The molecule has 0 spiro atoms. The normalized spacial score (nSPS) is 21.3. The fourth-order valence-electron chi connectivity index (χ4n) is 1.55. The lowest BCUT2D eigenvalue weighted by molar-refractivity contribution is 0.0487. The first-order chi connectivity index (χ1) is 7.31. The molecule has 80 valence electrons. The van der Waals surface area contributed by atoms with Crippen LogP contribution < -0.4 is 4.74 Å². The molecule has 0 aliphatic carbocycles. The Labute approximate surface area is 94.0 Å². The Balaban J connectivity index is 2.08. The maximum Gasteiger partial charge on any atom is 0.134 e. The second kappa shape index (κ2) is 4.73. The molecule has 0 saturated heterocycles. The second-order valence-corrected chi connectivity index (χ2v) is 4.57. The van der Waals surface area contributed by atoms with Crippen LogP contribution in [0.25, 0.3) is 0 Å². The average Bonchev–Trinajstić information content (AvgIpc) is 2.29. The summed E-state index contributed by atoms with van der Waals surface area (Å²) in [4.78, 5) is 1.15. The number of thioether (sulfide) groups is 1. The summed E-state index contributed by atoms with van der Waals surface area (Å²) in [6.07, 6.45) is 1.72. The minimum absolute atomic E-state index is 0.122. The van der Waals surface area contributed by atoms with E-state index in [1.165, 1.54) is 0 Å². The van der Waals surface area contributed by atoms with Crippen LogP contribution in [0.3, 0.4) is 0 Å². The van der Waals surface area contributed by atoms with Crippen molar-refractivity contribution in [2.75, 3.05) is 5.75 Å². The average molecular weight is 222 g/mol. The van der Waals surface area contributed by atoms with E-state index in [9.17, 15) is 5.11 Å². The highest BCUT2D eigenvalue weighted by Crippen LogP contribution is 2.35. The summed E-state index contributed by atoms with van der Waals surface area (Å²) >= 11 is 1.73. The molecule has 1 aromatic carbocycles. The molecule has 0 aromatic heterocycles. The van der Waals surface area contributed by atoms with Gasteiger partial charge in [0, 0.05) is 10.6 Å². The number of hydrogen-bond acceptors (Lipinski definition) is 3. The van der Waals surface area contributed by atoms with Gasteiger partial charge in [-0.15, -0.1) is 18.3 Å². The molecule has 0 saturated carbocycles. The lowest BCUT2D eigenvalue weighted by atomic mass is 10.1. The van der Waals surface area contributed by atoms with Crippen molar-refractivity contribution < 1.29 is 9.84 Å². The molecule has 0 fully saturated rings. The number of hydrogen-bond donors (Lipinski definition) is 1. The first kappa shape index (κ1) is 10.6. The van der Waals surface area contributed by atoms with Gasteiger partial charge in [0.1, 0.15) is 11.9 Å². The summed E-state index contributed by atoms with van der Waals surface area (Å²) in [5, 5.41) is 9.79. The van der Waals surface area contributed by atoms with E-state index in [4.69, 9.17) is 4.74 Å². The van der Waals surface area contributed by atoms with Crippen LogP contribution in [0.4, 0.5) is 0 Å². The zero-order chi connectivity index (χ0) is 10.7. The summed E-state index contributed by atoms with van der Waals surface area (Å²) in [7, 11) is 0. The summed E-state index contributed by atoms with van der Waals surface area (Å²) < 4.78 is 5.73. The number of aliphatic hydroxyl groups excluding tert-OH is 1. The first-order valence-corrected chi connectivity index (χ1v) is 5.97. The first-order valence-electron chi connectivity index (χ1n) is 4.98. The zero-order valence-electron chi connectivity index (χ0n) is 8.43. The van der Waals surface area contributed by atoms with E-state index in [2.05, 4.69) is 6.58 Å². The van der Waals surface area contributed by atoms with Crippen molar-refractivity contribution >= 4 is 11.8 Å². The summed E-state index contributed by atoms with van der Waals surface area (Å²) in [5.41, 5.74) is 0. The van der Waals surface area contributed by atoms with Crippen LogP contribution in [0.15, 0.2) is 41.8 Å². The number of ether oxygens (including phenoxy) is 1. The molecule has 0 bridgehead atoms. The van der Waals surface area contributed by atoms with E-state index in [1.54, 1.807) is 17.8 Å². The van der Waals surface area contributed by atoms with Crippen molar-refractivity contribution in [2.45, 2.75) is 23.5 Å². The Hall–Kier alpha value is -0.930. The molecule has 2 atom stereocenters. The molecule has 0 amide bonds. The number of benzene rings is 1. The highest BCUT2D eigenvalue weighted by molar-refractivity contribution is 7.99. The molecular formula is C12H14O2S. The lowest BCUT2D eigenvalue weighted by Gasteiger charge is -2.28. The van der Waals surface area contributed by atoms with Crippen LogP contribution in [-0.4, -0.2) is 23.1 Å². The number of rotatable bonds is 3. The predicted molar refractivity (Wildman–Crippen MR) is 62.4 cm³/mol. The summed E-state index contributed by atoms with van der Waals surface area (Å²) in [5.74, 6) is 1.67. The van der Waals surface area contributed by atoms with Crippen LogP contribution in [-0.2, 0) is 0 Å².